The summed E-state index contributed by atoms with van der Waals surface area (Å²) in [6.07, 6.45) is 4.13. The van der Waals surface area contributed by atoms with Crippen LogP contribution in [0, 0.1) is 10.8 Å². The Bertz CT molecular complexity index is 704. The highest BCUT2D eigenvalue weighted by atomic mass is 16.6. The standard InChI is InChI=1S/C25H42N2O3/c1-8-24(4,5)18-25(6,7)12-11-20-9-10-21(28)17-22(20)26-13-15-27(16-14-26)23(29)30-19(2)3/h9-10,17,19,28H,8,11-16,18H2,1-7H3. The van der Waals surface area contributed by atoms with E-state index in [1.807, 2.05) is 19.9 Å². The number of nitrogens with zero attached hydrogens (tertiary/aromatic N) is 2. The van der Waals surface area contributed by atoms with Gasteiger partial charge in [-0.2, -0.15) is 0 Å². The quantitative estimate of drug-likeness (QED) is 0.576. The van der Waals surface area contributed by atoms with Gasteiger partial charge in [-0.3, -0.25) is 0 Å². The van der Waals surface area contributed by atoms with Crippen molar-refractivity contribution >= 4 is 11.8 Å². The van der Waals surface area contributed by atoms with Crippen LogP contribution in [0.2, 0.25) is 0 Å². The first-order valence-corrected chi connectivity index (χ1v) is 11.4. The Hall–Kier alpha value is -1.91. The van der Waals surface area contributed by atoms with Gasteiger partial charge in [0.05, 0.1) is 6.10 Å². The smallest absolute Gasteiger partial charge is 0.410 e. The second-order valence-corrected chi connectivity index (χ2v) is 10.6. The molecule has 0 aromatic heterocycles. The third kappa shape index (κ3) is 7.10. The molecule has 0 saturated carbocycles. The number of carbonyl (C=O) groups is 1. The number of hydrogen-bond donors (Lipinski definition) is 1. The van der Waals surface area contributed by atoms with Crippen molar-refractivity contribution in [1.82, 2.24) is 4.90 Å². The summed E-state index contributed by atoms with van der Waals surface area (Å²) >= 11 is 0. The van der Waals surface area contributed by atoms with Crippen molar-refractivity contribution < 1.29 is 14.6 Å². The molecule has 0 bridgehead atoms. The number of benzene rings is 1. The molecule has 170 valence electrons. The topological polar surface area (TPSA) is 53.0 Å². The summed E-state index contributed by atoms with van der Waals surface area (Å²) in [5.41, 5.74) is 2.97. The Balaban J connectivity index is 2.05. The van der Waals surface area contributed by atoms with Crippen molar-refractivity contribution in [3.05, 3.63) is 23.8 Å². The van der Waals surface area contributed by atoms with Gasteiger partial charge in [0.2, 0.25) is 0 Å². The van der Waals surface area contributed by atoms with E-state index in [4.69, 9.17) is 4.74 Å². The fourth-order valence-electron chi connectivity index (χ4n) is 4.45. The van der Waals surface area contributed by atoms with Gasteiger partial charge in [0.25, 0.3) is 0 Å². The Labute approximate surface area is 183 Å². The van der Waals surface area contributed by atoms with E-state index in [-0.39, 0.29) is 17.6 Å². The molecule has 0 aliphatic carbocycles. The van der Waals surface area contributed by atoms with E-state index in [1.165, 1.54) is 18.4 Å². The number of anilines is 1. The van der Waals surface area contributed by atoms with Crippen LogP contribution in [0.5, 0.6) is 5.75 Å². The van der Waals surface area contributed by atoms with Crippen LogP contribution in [-0.2, 0) is 11.2 Å². The lowest BCUT2D eigenvalue weighted by Crippen LogP contribution is -2.49. The Morgan fingerprint density at radius 3 is 2.30 bits per heavy atom. The fourth-order valence-corrected chi connectivity index (χ4v) is 4.45. The molecule has 1 heterocycles. The first-order valence-electron chi connectivity index (χ1n) is 11.4. The average molecular weight is 419 g/mol. The minimum absolute atomic E-state index is 0.103. The van der Waals surface area contributed by atoms with E-state index in [0.717, 1.165) is 31.6 Å². The number of phenolic OH excluding ortho intramolecular Hbond substituents is 1. The summed E-state index contributed by atoms with van der Waals surface area (Å²) in [4.78, 5) is 16.2. The molecule has 0 spiro atoms. The molecule has 0 radical (unpaired) electrons. The molecule has 1 fully saturated rings. The molecule has 1 N–H and O–H groups in total. The zero-order chi connectivity index (χ0) is 22.5. The summed E-state index contributed by atoms with van der Waals surface area (Å²) in [7, 11) is 0. The van der Waals surface area contributed by atoms with Crippen LogP contribution in [0.15, 0.2) is 18.2 Å². The summed E-state index contributed by atoms with van der Waals surface area (Å²) in [5, 5.41) is 10.1. The average Bonchev–Trinajstić information content (AvgIpc) is 2.66. The zero-order valence-corrected chi connectivity index (χ0v) is 20.1. The molecule has 5 heteroatoms. The summed E-state index contributed by atoms with van der Waals surface area (Å²) in [6, 6.07) is 5.73. The minimum Gasteiger partial charge on any atom is -0.508 e. The van der Waals surface area contributed by atoms with Crippen LogP contribution < -0.4 is 4.90 Å². The van der Waals surface area contributed by atoms with Crippen molar-refractivity contribution in [1.29, 1.82) is 0 Å². The van der Waals surface area contributed by atoms with E-state index in [2.05, 4.69) is 45.6 Å². The van der Waals surface area contributed by atoms with Crippen LogP contribution in [0.3, 0.4) is 0 Å². The van der Waals surface area contributed by atoms with Crippen molar-refractivity contribution in [2.24, 2.45) is 10.8 Å². The predicted octanol–water partition coefficient (Wildman–Crippen LogP) is 5.84. The number of phenols is 1. The molecule has 30 heavy (non-hydrogen) atoms. The largest absolute Gasteiger partial charge is 0.508 e. The van der Waals surface area contributed by atoms with Crippen molar-refractivity contribution in [2.75, 3.05) is 31.1 Å². The summed E-state index contributed by atoms with van der Waals surface area (Å²) < 4.78 is 5.33. The van der Waals surface area contributed by atoms with E-state index in [0.29, 0.717) is 24.3 Å². The van der Waals surface area contributed by atoms with Gasteiger partial charge in [-0.15, -0.1) is 0 Å². The SMILES string of the molecule is CCC(C)(C)CC(C)(C)CCc1ccc(O)cc1N1CCN(C(=O)OC(C)C)CC1. The van der Waals surface area contributed by atoms with Gasteiger partial charge in [-0.1, -0.05) is 47.1 Å². The summed E-state index contributed by atoms with van der Waals surface area (Å²) in [6.45, 7) is 18.2. The fraction of sp³-hybridized carbons (Fsp3) is 0.720. The van der Waals surface area contributed by atoms with Crippen molar-refractivity contribution in [3.63, 3.8) is 0 Å². The molecule has 0 unspecified atom stereocenters. The molecule has 1 aromatic carbocycles. The normalized spacial score (nSPS) is 15.6. The third-order valence-electron chi connectivity index (χ3n) is 6.27. The highest BCUT2D eigenvalue weighted by Gasteiger charge is 2.28. The molecule has 1 aliphatic rings. The first-order chi connectivity index (χ1) is 13.9. The monoisotopic (exact) mass is 418 g/mol. The lowest BCUT2D eigenvalue weighted by Gasteiger charge is -2.37. The minimum atomic E-state index is -0.235. The predicted molar refractivity (Wildman–Crippen MR) is 124 cm³/mol. The maximum atomic E-state index is 12.2. The van der Waals surface area contributed by atoms with Crippen molar-refractivity contribution in [3.8, 4) is 5.75 Å². The molecule has 1 aromatic rings. The Kier molecular flexibility index (Phi) is 8.06. The van der Waals surface area contributed by atoms with Crippen LogP contribution in [-0.4, -0.2) is 48.4 Å². The number of rotatable bonds is 8. The van der Waals surface area contributed by atoms with Gasteiger partial charge >= 0.3 is 6.09 Å². The number of carbonyl (C=O) groups excluding carboxylic acids is 1. The Morgan fingerprint density at radius 1 is 1.10 bits per heavy atom. The van der Waals surface area contributed by atoms with Crippen LogP contribution >= 0.6 is 0 Å². The van der Waals surface area contributed by atoms with E-state index < -0.39 is 0 Å². The van der Waals surface area contributed by atoms with Crippen LogP contribution in [0.4, 0.5) is 10.5 Å². The van der Waals surface area contributed by atoms with Gasteiger partial charge in [-0.05, 0) is 55.6 Å². The lowest BCUT2D eigenvalue weighted by molar-refractivity contribution is 0.0751. The van der Waals surface area contributed by atoms with Crippen LogP contribution in [0.25, 0.3) is 0 Å². The highest BCUT2D eigenvalue weighted by Crippen LogP contribution is 2.40. The molecule has 0 atom stereocenters. The van der Waals surface area contributed by atoms with Gasteiger partial charge in [0, 0.05) is 37.9 Å². The Morgan fingerprint density at radius 2 is 1.73 bits per heavy atom. The third-order valence-corrected chi connectivity index (χ3v) is 6.27. The second-order valence-electron chi connectivity index (χ2n) is 10.6. The molecule has 1 amide bonds. The van der Waals surface area contributed by atoms with E-state index >= 15 is 0 Å². The molecule has 2 rings (SSSR count). The highest BCUT2D eigenvalue weighted by molar-refractivity contribution is 5.68. The number of aryl methyl sites for hydroxylation is 1. The molecule has 5 nitrogen and oxygen atoms in total. The van der Waals surface area contributed by atoms with Gasteiger partial charge in [-0.25, -0.2) is 4.79 Å². The second kappa shape index (κ2) is 9.93. The number of aromatic hydroxyl groups is 1. The molecule has 1 aliphatic heterocycles. The van der Waals surface area contributed by atoms with Gasteiger partial charge in [0.1, 0.15) is 5.75 Å². The van der Waals surface area contributed by atoms with Gasteiger partial charge < -0.3 is 19.6 Å². The number of hydrogen-bond acceptors (Lipinski definition) is 4. The molecular weight excluding hydrogens is 376 g/mol. The van der Waals surface area contributed by atoms with E-state index in [9.17, 15) is 9.90 Å². The molecule has 1 saturated heterocycles. The van der Waals surface area contributed by atoms with Crippen LogP contribution in [0.1, 0.15) is 73.3 Å². The summed E-state index contributed by atoms with van der Waals surface area (Å²) in [5.74, 6) is 0.293. The number of amides is 1. The maximum absolute atomic E-state index is 12.2. The maximum Gasteiger partial charge on any atom is 0.410 e. The first kappa shape index (κ1) is 24.4. The van der Waals surface area contributed by atoms with Crippen molar-refractivity contribution in [2.45, 2.75) is 80.3 Å². The zero-order valence-electron chi connectivity index (χ0n) is 20.1. The lowest BCUT2D eigenvalue weighted by atomic mass is 9.71. The van der Waals surface area contributed by atoms with E-state index in [1.54, 1.807) is 11.0 Å². The number of piperazine rings is 1. The molecular formula is C25H42N2O3. The van der Waals surface area contributed by atoms with Gasteiger partial charge in [0.15, 0.2) is 0 Å². The number of ether oxygens (including phenoxy) is 1.